The van der Waals surface area contributed by atoms with E-state index in [0.29, 0.717) is 0 Å². The van der Waals surface area contributed by atoms with Crippen LogP contribution in [-0.2, 0) is 0 Å². The maximum Gasteiger partial charge on any atom is 0.0409 e. The first kappa shape index (κ1) is 14.8. The van der Waals surface area contributed by atoms with Crippen LogP contribution in [0.2, 0.25) is 5.02 Å². The van der Waals surface area contributed by atoms with E-state index in [1.165, 1.54) is 32.2 Å². The predicted octanol–water partition coefficient (Wildman–Crippen LogP) is 3.85. The largest absolute Gasteiger partial charge is 0.324 e. The molecule has 0 aliphatic heterocycles. The highest BCUT2D eigenvalue weighted by molar-refractivity contribution is 6.30. The minimum Gasteiger partial charge on any atom is -0.324 e. The third-order valence-electron chi connectivity index (χ3n) is 4.14. The van der Waals surface area contributed by atoms with Gasteiger partial charge >= 0.3 is 0 Å². The molecule has 0 aromatic heterocycles. The average Bonchev–Trinajstić information content (AvgIpc) is 2.88. The summed E-state index contributed by atoms with van der Waals surface area (Å²) in [5.41, 5.74) is 7.38. The number of rotatable bonds is 6. The van der Waals surface area contributed by atoms with Gasteiger partial charge < -0.3 is 10.6 Å². The number of hydrogen-bond acceptors (Lipinski definition) is 2. The summed E-state index contributed by atoms with van der Waals surface area (Å²) < 4.78 is 0. The molecular formula is C16H25ClN2. The summed E-state index contributed by atoms with van der Waals surface area (Å²) in [4.78, 5) is 2.43. The molecule has 2 N–H and O–H groups in total. The molecular weight excluding hydrogens is 256 g/mol. The lowest BCUT2D eigenvalue weighted by Crippen LogP contribution is -2.28. The molecule has 0 bridgehead atoms. The van der Waals surface area contributed by atoms with Crippen molar-refractivity contribution in [3.63, 3.8) is 0 Å². The summed E-state index contributed by atoms with van der Waals surface area (Å²) in [6.45, 7) is 2.28. The Bertz CT molecular complexity index is 388. The average molecular weight is 281 g/mol. The van der Waals surface area contributed by atoms with Crippen LogP contribution in [0, 0.1) is 5.92 Å². The number of benzene rings is 1. The number of nitrogens with two attached hydrogens (primary N) is 1. The Morgan fingerprint density at radius 2 is 2.11 bits per heavy atom. The lowest BCUT2D eigenvalue weighted by atomic mass is 10.0. The highest BCUT2D eigenvalue weighted by Gasteiger charge is 2.17. The van der Waals surface area contributed by atoms with Gasteiger partial charge in [0.25, 0.3) is 0 Å². The number of halogens is 1. The van der Waals surface area contributed by atoms with Crippen LogP contribution in [0.3, 0.4) is 0 Å². The first-order valence-corrected chi connectivity index (χ1v) is 7.72. The second kappa shape index (κ2) is 7.28. The van der Waals surface area contributed by atoms with E-state index in [0.717, 1.165) is 29.5 Å². The Balaban J connectivity index is 1.74. The van der Waals surface area contributed by atoms with Gasteiger partial charge in [0, 0.05) is 17.6 Å². The van der Waals surface area contributed by atoms with Gasteiger partial charge in [-0.25, -0.2) is 0 Å². The van der Waals surface area contributed by atoms with Gasteiger partial charge in [0.1, 0.15) is 0 Å². The van der Waals surface area contributed by atoms with Gasteiger partial charge in [-0.3, -0.25) is 0 Å². The van der Waals surface area contributed by atoms with Gasteiger partial charge in [-0.1, -0.05) is 36.6 Å². The van der Waals surface area contributed by atoms with Crippen molar-refractivity contribution in [3.8, 4) is 0 Å². The van der Waals surface area contributed by atoms with Crippen LogP contribution in [-0.4, -0.2) is 25.0 Å². The van der Waals surface area contributed by atoms with E-state index < -0.39 is 0 Å². The molecule has 1 atom stereocenters. The normalized spacial score (nSPS) is 18.1. The van der Waals surface area contributed by atoms with Gasteiger partial charge in [-0.2, -0.15) is 0 Å². The van der Waals surface area contributed by atoms with Crippen molar-refractivity contribution >= 4 is 11.6 Å². The summed E-state index contributed by atoms with van der Waals surface area (Å²) in [5, 5.41) is 0.771. The third kappa shape index (κ3) is 4.79. The minimum absolute atomic E-state index is 0.0877. The fraction of sp³-hybridized carbons (Fsp3) is 0.625. The quantitative estimate of drug-likeness (QED) is 0.858. The fourth-order valence-electron chi connectivity index (χ4n) is 2.99. The Hall–Kier alpha value is -0.570. The highest BCUT2D eigenvalue weighted by atomic mass is 35.5. The van der Waals surface area contributed by atoms with E-state index in [-0.39, 0.29) is 6.04 Å². The highest BCUT2D eigenvalue weighted by Crippen LogP contribution is 2.25. The number of nitrogens with zero attached hydrogens (tertiary/aromatic N) is 1. The van der Waals surface area contributed by atoms with Crippen LogP contribution >= 0.6 is 11.6 Å². The second-order valence-electron chi connectivity index (χ2n) is 5.86. The first-order chi connectivity index (χ1) is 9.15. The van der Waals surface area contributed by atoms with Crippen LogP contribution in [0.4, 0.5) is 0 Å². The zero-order valence-corrected chi connectivity index (χ0v) is 12.6. The zero-order chi connectivity index (χ0) is 13.7. The van der Waals surface area contributed by atoms with Gasteiger partial charge in [-0.15, -0.1) is 0 Å². The smallest absolute Gasteiger partial charge is 0.0409 e. The summed E-state index contributed by atoms with van der Waals surface area (Å²) in [6.07, 6.45) is 6.64. The lowest BCUT2D eigenvalue weighted by Gasteiger charge is -2.22. The summed E-state index contributed by atoms with van der Waals surface area (Å²) >= 11 is 6.00. The van der Waals surface area contributed by atoms with Crippen molar-refractivity contribution in [1.82, 2.24) is 4.90 Å². The van der Waals surface area contributed by atoms with Gasteiger partial charge in [-0.05, 0) is 56.5 Å². The molecule has 106 valence electrons. The molecule has 1 fully saturated rings. The molecule has 0 heterocycles. The molecule has 0 spiro atoms. The lowest BCUT2D eigenvalue weighted by molar-refractivity contribution is 0.268. The minimum atomic E-state index is 0.0877. The molecule has 1 aromatic carbocycles. The monoisotopic (exact) mass is 280 g/mol. The molecule has 1 aliphatic carbocycles. The van der Waals surface area contributed by atoms with Gasteiger partial charge in [0.05, 0.1) is 0 Å². The first-order valence-electron chi connectivity index (χ1n) is 7.35. The molecule has 3 heteroatoms. The molecule has 2 nitrogen and oxygen atoms in total. The Morgan fingerprint density at radius 3 is 2.79 bits per heavy atom. The van der Waals surface area contributed by atoms with E-state index in [9.17, 15) is 0 Å². The molecule has 0 radical (unpaired) electrons. The Kier molecular flexibility index (Phi) is 5.68. The van der Waals surface area contributed by atoms with Gasteiger partial charge in [0.2, 0.25) is 0 Å². The molecule has 0 saturated heterocycles. The van der Waals surface area contributed by atoms with Crippen LogP contribution in [0.15, 0.2) is 24.3 Å². The van der Waals surface area contributed by atoms with Gasteiger partial charge in [0.15, 0.2) is 0 Å². The fourth-order valence-corrected chi connectivity index (χ4v) is 3.19. The van der Waals surface area contributed by atoms with Crippen LogP contribution in [0.5, 0.6) is 0 Å². The maximum atomic E-state index is 6.24. The van der Waals surface area contributed by atoms with Crippen LogP contribution < -0.4 is 5.73 Å². The predicted molar refractivity (Wildman–Crippen MR) is 82.5 cm³/mol. The van der Waals surface area contributed by atoms with Crippen molar-refractivity contribution in [3.05, 3.63) is 34.9 Å². The topological polar surface area (TPSA) is 29.3 Å². The molecule has 1 saturated carbocycles. The van der Waals surface area contributed by atoms with E-state index in [1.54, 1.807) is 0 Å². The van der Waals surface area contributed by atoms with Crippen molar-refractivity contribution in [2.75, 3.05) is 20.1 Å². The molecule has 1 unspecified atom stereocenters. The van der Waals surface area contributed by atoms with E-state index in [4.69, 9.17) is 17.3 Å². The Morgan fingerprint density at radius 1 is 1.37 bits per heavy atom. The SMILES string of the molecule is CN(CCC(N)c1cccc(Cl)c1)CC1CCCC1. The third-order valence-corrected chi connectivity index (χ3v) is 4.38. The molecule has 1 aliphatic rings. The van der Waals surface area contributed by atoms with Crippen molar-refractivity contribution < 1.29 is 0 Å². The summed E-state index contributed by atoms with van der Waals surface area (Å²) in [7, 11) is 2.21. The Labute approximate surface area is 121 Å². The van der Waals surface area contributed by atoms with Crippen molar-refractivity contribution in [2.45, 2.75) is 38.1 Å². The van der Waals surface area contributed by atoms with Crippen molar-refractivity contribution in [1.29, 1.82) is 0 Å². The van der Waals surface area contributed by atoms with Crippen LogP contribution in [0.1, 0.15) is 43.7 Å². The summed E-state index contributed by atoms with van der Waals surface area (Å²) in [5.74, 6) is 0.910. The van der Waals surface area contributed by atoms with E-state index >= 15 is 0 Å². The van der Waals surface area contributed by atoms with Crippen molar-refractivity contribution in [2.24, 2.45) is 11.7 Å². The summed E-state index contributed by atoms with van der Waals surface area (Å²) in [6, 6.07) is 7.99. The second-order valence-corrected chi connectivity index (χ2v) is 6.30. The maximum absolute atomic E-state index is 6.24. The van der Waals surface area contributed by atoms with E-state index in [1.807, 2.05) is 18.2 Å². The van der Waals surface area contributed by atoms with E-state index in [2.05, 4.69) is 18.0 Å². The molecule has 2 rings (SSSR count). The molecule has 0 amide bonds. The van der Waals surface area contributed by atoms with Crippen LogP contribution in [0.25, 0.3) is 0 Å². The zero-order valence-electron chi connectivity index (χ0n) is 11.8. The number of hydrogen-bond donors (Lipinski definition) is 1. The molecule has 19 heavy (non-hydrogen) atoms. The standard InChI is InChI=1S/C16H25ClN2/c1-19(12-13-5-2-3-6-13)10-9-16(18)14-7-4-8-15(17)11-14/h4,7-8,11,13,16H,2-3,5-6,9-10,12,18H2,1H3. The molecule has 1 aromatic rings.